The molecule has 7 heteroatoms. The van der Waals surface area contributed by atoms with Crippen molar-refractivity contribution in [2.45, 2.75) is 13.3 Å². The van der Waals surface area contributed by atoms with E-state index >= 15 is 0 Å². The van der Waals surface area contributed by atoms with Crippen LogP contribution >= 0.6 is 11.3 Å². The second-order valence-corrected chi connectivity index (χ2v) is 5.37. The average molecular weight is 318 g/mol. The lowest BCUT2D eigenvalue weighted by atomic mass is 10.1. The maximum atomic E-state index is 11.8. The van der Waals surface area contributed by atoms with E-state index in [1.807, 2.05) is 37.3 Å². The van der Waals surface area contributed by atoms with E-state index in [0.717, 1.165) is 12.0 Å². The number of carbonyl (C=O) groups is 2. The van der Waals surface area contributed by atoms with Crippen LogP contribution in [0.2, 0.25) is 0 Å². The second-order valence-electron chi connectivity index (χ2n) is 4.51. The van der Waals surface area contributed by atoms with E-state index in [2.05, 4.69) is 20.9 Å². The summed E-state index contributed by atoms with van der Waals surface area (Å²) in [5.41, 5.74) is 1.47. The Morgan fingerprint density at radius 1 is 1.18 bits per heavy atom. The predicted molar refractivity (Wildman–Crippen MR) is 87.3 cm³/mol. The van der Waals surface area contributed by atoms with Crippen molar-refractivity contribution in [2.75, 3.05) is 18.4 Å². The molecule has 0 aliphatic heterocycles. The molecule has 0 saturated carbocycles. The van der Waals surface area contributed by atoms with E-state index in [1.54, 1.807) is 5.38 Å². The molecule has 6 nitrogen and oxygen atoms in total. The largest absolute Gasteiger partial charge is 0.351 e. The number of nitrogens with one attached hydrogen (secondary N) is 3. The summed E-state index contributed by atoms with van der Waals surface area (Å²) in [5, 5.41) is 10.1. The van der Waals surface area contributed by atoms with E-state index in [9.17, 15) is 9.59 Å². The summed E-state index contributed by atoms with van der Waals surface area (Å²) in [6.45, 7) is 2.91. The first-order valence-electron chi connectivity index (χ1n) is 7.01. The maximum absolute atomic E-state index is 11.8. The van der Waals surface area contributed by atoms with Crippen LogP contribution in [0.5, 0.6) is 0 Å². The quantitative estimate of drug-likeness (QED) is 0.764. The molecule has 0 fully saturated rings. The molecule has 2 rings (SSSR count). The summed E-state index contributed by atoms with van der Waals surface area (Å²) in [5.74, 6) is -0.240. The van der Waals surface area contributed by atoms with Gasteiger partial charge in [0.25, 0.3) is 5.91 Å². The minimum Gasteiger partial charge on any atom is -0.351 e. The number of carbonyl (C=O) groups excluding carboxylic acids is 2. The van der Waals surface area contributed by atoms with Gasteiger partial charge in [-0.05, 0) is 18.9 Å². The Labute approximate surface area is 133 Å². The first kappa shape index (κ1) is 16.0. The zero-order valence-electron chi connectivity index (χ0n) is 12.3. The van der Waals surface area contributed by atoms with Crippen molar-refractivity contribution in [3.63, 3.8) is 0 Å². The SMILES string of the molecule is CCNC(=O)c1csc(NC(=O)NCCc2ccccc2)n1. The lowest BCUT2D eigenvalue weighted by Crippen LogP contribution is -2.30. The minimum absolute atomic E-state index is 0.240. The molecule has 0 spiro atoms. The van der Waals surface area contributed by atoms with Crippen molar-refractivity contribution in [2.24, 2.45) is 0 Å². The van der Waals surface area contributed by atoms with Gasteiger partial charge in [-0.25, -0.2) is 9.78 Å². The molecule has 1 heterocycles. The Morgan fingerprint density at radius 2 is 1.95 bits per heavy atom. The molecule has 1 aromatic carbocycles. The molecule has 0 radical (unpaired) electrons. The molecule has 1 aromatic heterocycles. The number of thiazole rings is 1. The zero-order valence-corrected chi connectivity index (χ0v) is 13.1. The number of anilines is 1. The number of amides is 3. The predicted octanol–water partition coefficient (Wildman–Crippen LogP) is 2.26. The van der Waals surface area contributed by atoms with Crippen LogP contribution in [0.15, 0.2) is 35.7 Å². The van der Waals surface area contributed by atoms with Gasteiger partial charge < -0.3 is 10.6 Å². The smallest absolute Gasteiger partial charge is 0.321 e. The summed E-state index contributed by atoms with van der Waals surface area (Å²) in [7, 11) is 0. The Balaban J connectivity index is 1.76. The van der Waals surface area contributed by atoms with Gasteiger partial charge in [-0.1, -0.05) is 30.3 Å². The number of urea groups is 1. The Morgan fingerprint density at radius 3 is 2.68 bits per heavy atom. The summed E-state index contributed by atoms with van der Waals surface area (Å²) in [4.78, 5) is 27.4. The van der Waals surface area contributed by atoms with Crippen LogP contribution in [0.4, 0.5) is 9.93 Å². The van der Waals surface area contributed by atoms with Crippen LogP contribution in [0.1, 0.15) is 23.0 Å². The molecule has 0 aliphatic carbocycles. The minimum atomic E-state index is -0.326. The highest BCUT2D eigenvalue weighted by molar-refractivity contribution is 7.14. The molecule has 0 bridgehead atoms. The van der Waals surface area contributed by atoms with Gasteiger partial charge in [-0.2, -0.15) is 0 Å². The maximum Gasteiger partial charge on any atom is 0.321 e. The molecule has 0 atom stereocenters. The number of hydrogen-bond acceptors (Lipinski definition) is 4. The number of aromatic nitrogens is 1. The molecule has 0 aliphatic rings. The zero-order chi connectivity index (χ0) is 15.8. The van der Waals surface area contributed by atoms with Gasteiger partial charge in [-0.15, -0.1) is 11.3 Å². The Kier molecular flexibility index (Phi) is 5.91. The van der Waals surface area contributed by atoms with E-state index in [4.69, 9.17) is 0 Å². The number of hydrogen-bond donors (Lipinski definition) is 3. The van der Waals surface area contributed by atoms with Gasteiger partial charge in [0.05, 0.1) is 0 Å². The normalized spacial score (nSPS) is 10.0. The fraction of sp³-hybridized carbons (Fsp3) is 0.267. The number of benzene rings is 1. The third-order valence-corrected chi connectivity index (χ3v) is 3.59. The summed E-state index contributed by atoms with van der Waals surface area (Å²) < 4.78 is 0. The molecule has 3 amide bonds. The van der Waals surface area contributed by atoms with E-state index < -0.39 is 0 Å². The van der Waals surface area contributed by atoms with Gasteiger partial charge in [0, 0.05) is 18.5 Å². The summed E-state index contributed by atoms with van der Waals surface area (Å²) in [6, 6.07) is 9.59. The molecule has 22 heavy (non-hydrogen) atoms. The highest BCUT2D eigenvalue weighted by atomic mass is 32.1. The first-order chi connectivity index (χ1) is 10.7. The van der Waals surface area contributed by atoms with Gasteiger partial charge in [0.15, 0.2) is 5.13 Å². The standard InChI is InChI=1S/C15H18N4O2S/c1-2-16-13(20)12-10-22-15(18-12)19-14(21)17-9-8-11-6-4-3-5-7-11/h3-7,10H,2,8-9H2,1H3,(H,16,20)(H2,17,18,19,21). The summed E-state index contributed by atoms with van der Waals surface area (Å²) in [6.07, 6.45) is 0.760. The van der Waals surface area contributed by atoms with E-state index in [-0.39, 0.29) is 11.9 Å². The van der Waals surface area contributed by atoms with Crippen LogP contribution in [0, 0.1) is 0 Å². The summed E-state index contributed by atoms with van der Waals surface area (Å²) >= 11 is 1.22. The topological polar surface area (TPSA) is 83.1 Å². The highest BCUT2D eigenvalue weighted by Crippen LogP contribution is 2.15. The van der Waals surface area contributed by atoms with Gasteiger partial charge in [0.1, 0.15) is 5.69 Å². The van der Waals surface area contributed by atoms with Gasteiger partial charge >= 0.3 is 6.03 Å². The van der Waals surface area contributed by atoms with Crippen LogP contribution in [-0.2, 0) is 6.42 Å². The Bertz CT molecular complexity index is 627. The Hall–Kier alpha value is -2.41. The van der Waals surface area contributed by atoms with E-state index in [1.165, 1.54) is 11.3 Å². The monoisotopic (exact) mass is 318 g/mol. The van der Waals surface area contributed by atoms with Crippen molar-refractivity contribution in [3.05, 3.63) is 47.0 Å². The van der Waals surface area contributed by atoms with Crippen molar-refractivity contribution in [1.29, 1.82) is 0 Å². The van der Waals surface area contributed by atoms with Crippen molar-refractivity contribution in [1.82, 2.24) is 15.6 Å². The molecule has 0 saturated heterocycles. The third-order valence-electron chi connectivity index (χ3n) is 2.84. The van der Waals surface area contributed by atoms with Gasteiger partial charge in [-0.3, -0.25) is 10.1 Å². The molecule has 2 aromatic rings. The van der Waals surface area contributed by atoms with Crippen LogP contribution in [0.25, 0.3) is 0 Å². The van der Waals surface area contributed by atoms with Crippen LogP contribution in [-0.4, -0.2) is 30.0 Å². The van der Waals surface area contributed by atoms with Gasteiger partial charge in [0.2, 0.25) is 0 Å². The molecular formula is C15H18N4O2S. The molecule has 0 unspecified atom stereocenters. The average Bonchev–Trinajstić information content (AvgIpc) is 2.97. The highest BCUT2D eigenvalue weighted by Gasteiger charge is 2.11. The van der Waals surface area contributed by atoms with Crippen LogP contribution in [0.3, 0.4) is 0 Å². The number of rotatable bonds is 6. The van der Waals surface area contributed by atoms with E-state index in [0.29, 0.717) is 23.9 Å². The van der Waals surface area contributed by atoms with Crippen LogP contribution < -0.4 is 16.0 Å². The molecule has 3 N–H and O–H groups in total. The lowest BCUT2D eigenvalue weighted by molar-refractivity contribution is 0.0951. The third kappa shape index (κ3) is 4.85. The molecular weight excluding hydrogens is 300 g/mol. The fourth-order valence-electron chi connectivity index (χ4n) is 1.79. The lowest BCUT2D eigenvalue weighted by Gasteiger charge is -2.05. The first-order valence-corrected chi connectivity index (χ1v) is 7.89. The second kappa shape index (κ2) is 8.14. The fourth-order valence-corrected chi connectivity index (χ4v) is 2.48. The molecule has 116 valence electrons. The number of nitrogens with zero attached hydrogens (tertiary/aromatic N) is 1. The van der Waals surface area contributed by atoms with Crippen molar-refractivity contribution < 1.29 is 9.59 Å². The van der Waals surface area contributed by atoms with Crippen molar-refractivity contribution >= 4 is 28.4 Å². The van der Waals surface area contributed by atoms with Crippen molar-refractivity contribution in [3.8, 4) is 0 Å².